The zero-order chi connectivity index (χ0) is 10.2. The molecule has 0 radical (unpaired) electrons. The SMILES string of the molecule is C=CCC1C(C(C)C)C1(C)C(C)C. The zero-order valence-corrected chi connectivity index (χ0v) is 9.80. The molecule has 0 aliphatic heterocycles. The van der Waals surface area contributed by atoms with Crippen molar-refractivity contribution < 1.29 is 0 Å². The van der Waals surface area contributed by atoms with Crippen LogP contribution in [-0.2, 0) is 0 Å². The fourth-order valence-corrected chi connectivity index (χ4v) is 3.24. The number of allylic oxidation sites excluding steroid dienone is 1. The highest BCUT2D eigenvalue weighted by molar-refractivity contribution is 5.11. The van der Waals surface area contributed by atoms with E-state index in [1.165, 1.54) is 6.42 Å². The first kappa shape index (κ1) is 10.8. The van der Waals surface area contributed by atoms with Gasteiger partial charge >= 0.3 is 0 Å². The third-order valence-corrected chi connectivity index (χ3v) is 4.22. The molecule has 1 aliphatic carbocycles. The molecule has 0 aromatic carbocycles. The first-order valence-electron chi connectivity index (χ1n) is 5.57. The Hall–Kier alpha value is -0.260. The molecule has 0 amide bonds. The van der Waals surface area contributed by atoms with Crippen molar-refractivity contribution in [3.8, 4) is 0 Å². The summed E-state index contributed by atoms with van der Waals surface area (Å²) in [6, 6.07) is 0. The van der Waals surface area contributed by atoms with Crippen LogP contribution < -0.4 is 0 Å². The van der Waals surface area contributed by atoms with Crippen molar-refractivity contribution in [3.63, 3.8) is 0 Å². The normalized spacial score (nSPS) is 38.4. The summed E-state index contributed by atoms with van der Waals surface area (Å²) in [6.45, 7) is 15.7. The van der Waals surface area contributed by atoms with E-state index in [-0.39, 0.29) is 0 Å². The van der Waals surface area contributed by atoms with Gasteiger partial charge in [0.2, 0.25) is 0 Å². The molecule has 76 valence electrons. The molecular weight excluding hydrogens is 156 g/mol. The van der Waals surface area contributed by atoms with Gasteiger partial charge in [-0.25, -0.2) is 0 Å². The van der Waals surface area contributed by atoms with Crippen molar-refractivity contribution in [2.24, 2.45) is 29.1 Å². The van der Waals surface area contributed by atoms with Crippen molar-refractivity contribution >= 4 is 0 Å². The highest BCUT2D eigenvalue weighted by atomic mass is 14.7. The van der Waals surface area contributed by atoms with E-state index in [4.69, 9.17) is 0 Å². The maximum atomic E-state index is 3.86. The van der Waals surface area contributed by atoms with E-state index < -0.39 is 0 Å². The molecule has 1 aliphatic rings. The first-order chi connectivity index (χ1) is 5.96. The van der Waals surface area contributed by atoms with Crippen LogP contribution in [0.25, 0.3) is 0 Å². The summed E-state index contributed by atoms with van der Waals surface area (Å²) in [5.41, 5.74) is 0.586. The van der Waals surface area contributed by atoms with Crippen LogP contribution in [0.2, 0.25) is 0 Å². The maximum Gasteiger partial charge on any atom is -0.0235 e. The standard InChI is InChI=1S/C13H24/c1-7-8-11-12(9(2)3)13(11,6)10(4)5/h7,9-12H,1,8H2,2-6H3. The van der Waals surface area contributed by atoms with E-state index >= 15 is 0 Å². The van der Waals surface area contributed by atoms with Gasteiger partial charge in [0.15, 0.2) is 0 Å². The molecule has 0 saturated heterocycles. The lowest BCUT2D eigenvalue weighted by Crippen LogP contribution is -2.11. The molecule has 0 N–H and O–H groups in total. The van der Waals surface area contributed by atoms with E-state index in [9.17, 15) is 0 Å². The van der Waals surface area contributed by atoms with Gasteiger partial charge in [-0.2, -0.15) is 0 Å². The smallest absolute Gasteiger partial charge is 0.0235 e. The van der Waals surface area contributed by atoms with Gasteiger partial charge in [-0.05, 0) is 35.5 Å². The lowest BCUT2D eigenvalue weighted by molar-refractivity contribution is 0.313. The summed E-state index contributed by atoms with van der Waals surface area (Å²) in [5.74, 6) is 3.46. The van der Waals surface area contributed by atoms with Crippen LogP contribution in [0.4, 0.5) is 0 Å². The second-order valence-corrected chi connectivity index (χ2v) is 5.42. The van der Waals surface area contributed by atoms with Crippen molar-refractivity contribution in [2.45, 2.75) is 41.0 Å². The molecule has 1 rings (SSSR count). The van der Waals surface area contributed by atoms with E-state index in [0.29, 0.717) is 5.41 Å². The van der Waals surface area contributed by atoms with Gasteiger partial charge in [-0.3, -0.25) is 0 Å². The quantitative estimate of drug-likeness (QED) is 0.571. The Labute approximate surface area is 83.4 Å². The molecule has 13 heavy (non-hydrogen) atoms. The van der Waals surface area contributed by atoms with Crippen LogP contribution in [0.15, 0.2) is 12.7 Å². The van der Waals surface area contributed by atoms with Gasteiger partial charge in [0.1, 0.15) is 0 Å². The molecule has 3 atom stereocenters. The Balaban J connectivity index is 2.71. The summed E-state index contributed by atoms with van der Waals surface area (Å²) in [5, 5.41) is 0. The lowest BCUT2D eigenvalue weighted by Gasteiger charge is -2.17. The van der Waals surface area contributed by atoms with Crippen LogP contribution in [0, 0.1) is 29.1 Å². The van der Waals surface area contributed by atoms with E-state index in [0.717, 1.165) is 23.7 Å². The second-order valence-electron chi connectivity index (χ2n) is 5.42. The van der Waals surface area contributed by atoms with Gasteiger partial charge in [0, 0.05) is 0 Å². The molecule has 0 heteroatoms. The Bertz CT molecular complexity index is 190. The fourth-order valence-electron chi connectivity index (χ4n) is 3.24. The van der Waals surface area contributed by atoms with Gasteiger partial charge in [0.25, 0.3) is 0 Å². The first-order valence-corrected chi connectivity index (χ1v) is 5.57. The van der Waals surface area contributed by atoms with Crippen LogP contribution in [0.1, 0.15) is 41.0 Å². The third kappa shape index (κ3) is 1.56. The zero-order valence-electron chi connectivity index (χ0n) is 9.80. The van der Waals surface area contributed by atoms with Crippen LogP contribution >= 0.6 is 0 Å². The summed E-state index contributed by atoms with van der Waals surface area (Å²) in [6.07, 6.45) is 3.30. The predicted molar refractivity (Wildman–Crippen MR) is 59.6 cm³/mol. The predicted octanol–water partition coefficient (Wildman–Crippen LogP) is 4.13. The Morgan fingerprint density at radius 3 is 2.08 bits per heavy atom. The molecule has 1 fully saturated rings. The number of hydrogen-bond acceptors (Lipinski definition) is 0. The van der Waals surface area contributed by atoms with E-state index in [1.807, 2.05) is 0 Å². The van der Waals surface area contributed by atoms with Crippen LogP contribution in [0.3, 0.4) is 0 Å². The molecule has 3 unspecified atom stereocenters. The van der Waals surface area contributed by atoms with Gasteiger partial charge in [0.05, 0.1) is 0 Å². The third-order valence-electron chi connectivity index (χ3n) is 4.22. The number of hydrogen-bond donors (Lipinski definition) is 0. The topological polar surface area (TPSA) is 0 Å². The Morgan fingerprint density at radius 1 is 1.31 bits per heavy atom. The summed E-state index contributed by atoms with van der Waals surface area (Å²) < 4.78 is 0. The van der Waals surface area contributed by atoms with Crippen LogP contribution in [-0.4, -0.2) is 0 Å². The summed E-state index contributed by atoms with van der Waals surface area (Å²) in [4.78, 5) is 0. The number of rotatable bonds is 4. The summed E-state index contributed by atoms with van der Waals surface area (Å²) >= 11 is 0. The minimum absolute atomic E-state index is 0.586. The van der Waals surface area contributed by atoms with Crippen molar-refractivity contribution in [1.82, 2.24) is 0 Å². The maximum absolute atomic E-state index is 3.86. The largest absolute Gasteiger partial charge is 0.103 e. The lowest BCUT2D eigenvalue weighted by atomic mass is 9.87. The Kier molecular flexibility index (Phi) is 2.89. The molecule has 0 nitrogen and oxygen atoms in total. The molecule has 0 bridgehead atoms. The monoisotopic (exact) mass is 180 g/mol. The van der Waals surface area contributed by atoms with Crippen molar-refractivity contribution in [1.29, 1.82) is 0 Å². The van der Waals surface area contributed by atoms with Gasteiger partial charge in [-0.1, -0.05) is 40.7 Å². The van der Waals surface area contributed by atoms with Crippen molar-refractivity contribution in [2.75, 3.05) is 0 Å². The molecule has 0 spiro atoms. The average molecular weight is 180 g/mol. The van der Waals surface area contributed by atoms with Crippen molar-refractivity contribution in [3.05, 3.63) is 12.7 Å². The van der Waals surface area contributed by atoms with E-state index in [2.05, 4.69) is 47.3 Å². The molecule has 0 aromatic rings. The van der Waals surface area contributed by atoms with E-state index in [1.54, 1.807) is 0 Å². The highest BCUT2D eigenvalue weighted by Gasteiger charge is 2.62. The summed E-state index contributed by atoms with van der Waals surface area (Å²) in [7, 11) is 0. The highest BCUT2D eigenvalue weighted by Crippen LogP contribution is 2.67. The molecule has 0 aromatic heterocycles. The van der Waals surface area contributed by atoms with Gasteiger partial charge < -0.3 is 0 Å². The molecule has 0 heterocycles. The Morgan fingerprint density at radius 2 is 1.85 bits per heavy atom. The second kappa shape index (κ2) is 3.48. The van der Waals surface area contributed by atoms with Crippen LogP contribution in [0.5, 0.6) is 0 Å². The minimum atomic E-state index is 0.586. The average Bonchev–Trinajstić information content (AvgIpc) is 2.59. The van der Waals surface area contributed by atoms with Gasteiger partial charge in [-0.15, -0.1) is 6.58 Å². The minimum Gasteiger partial charge on any atom is -0.103 e. The molecule has 1 saturated carbocycles. The molecular formula is C13H24. The fraction of sp³-hybridized carbons (Fsp3) is 0.846.